The number of amides is 1. The van der Waals surface area contributed by atoms with E-state index in [4.69, 9.17) is 16.6 Å². The van der Waals surface area contributed by atoms with Crippen molar-refractivity contribution in [3.05, 3.63) is 105 Å². The Morgan fingerprint density at radius 1 is 0.975 bits per heavy atom. The monoisotopic (exact) mass is 588 g/mol. The summed E-state index contributed by atoms with van der Waals surface area (Å²) in [5.41, 5.74) is 3.64. The van der Waals surface area contributed by atoms with Crippen LogP contribution in [0.5, 0.6) is 5.75 Å². The van der Waals surface area contributed by atoms with Crippen LogP contribution in [-0.2, 0) is 24.4 Å². The minimum atomic E-state index is -4.75. The van der Waals surface area contributed by atoms with Gasteiger partial charge in [0.05, 0.1) is 18.8 Å². The van der Waals surface area contributed by atoms with E-state index in [-0.39, 0.29) is 18.2 Å². The van der Waals surface area contributed by atoms with E-state index in [1.54, 1.807) is 12.1 Å². The molecule has 0 aliphatic carbocycles. The molecule has 1 aromatic heterocycles. The number of carbonyl (C=O) groups is 1. The Bertz CT molecular complexity index is 1440. The molecular formula is C29H28ClF3N4O2S. The molecule has 0 atom stereocenters. The van der Waals surface area contributed by atoms with Gasteiger partial charge in [-0.1, -0.05) is 54.1 Å². The van der Waals surface area contributed by atoms with Crippen LogP contribution in [-0.4, -0.2) is 29.9 Å². The number of carbonyl (C=O) groups excluding carboxylic acids is 1. The molecule has 0 fully saturated rings. The predicted octanol–water partition coefficient (Wildman–Crippen LogP) is 6.17. The van der Waals surface area contributed by atoms with Crippen molar-refractivity contribution in [2.75, 3.05) is 13.1 Å². The van der Waals surface area contributed by atoms with Crippen LogP contribution < -0.4 is 20.2 Å². The molecule has 0 aliphatic rings. The summed E-state index contributed by atoms with van der Waals surface area (Å²) in [5.74, 6) is -0.381. The molecule has 3 aromatic carbocycles. The van der Waals surface area contributed by atoms with Gasteiger partial charge in [0, 0.05) is 30.0 Å². The summed E-state index contributed by atoms with van der Waals surface area (Å²) in [7, 11) is 0. The van der Waals surface area contributed by atoms with Crippen molar-refractivity contribution in [1.29, 1.82) is 0 Å². The third-order valence-corrected chi connectivity index (χ3v) is 6.98. The minimum Gasteiger partial charge on any atom is -0.406 e. The third-order valence-electron chi connectivity index (χ3n) is 5.83. The smallest absolute Gasteiger partial charge is 0.406 e. The molecule has 1 heterocycles. The Morgan fingerprint density at radius 3 is 2.40 bits per heavy atom. The second kappa shape index (κ2) is 14.2. The summed E-state index contributed by atoms with van der Waals surface area (Å²) in [5, 5.41) is 8.62. The molecule has 210 valence electrons. The number of ether oxygens (including phenoxy) is 1. The Kier molecular flexibility index (Phi) is 10.4. The highest BCUT2D eigenvalue weighted by Crippen LogP contribution is 2.27. The van der Waals surface area contributed by atoms with E-state index in [9.17, 15) is 18.0 Å². The normalized spacial score (nSPS) is 11.9. The number of thiazole rings is 1. The summed E-state index contributed by atoms with van der Waals surface area (Å²) in [6.07, 6.45) is -4.11. The SMILES string of the molecule is O=C(CNCc1ccccc1)NCCCn1c(-c2ccc(OC(F)(F)F)cc2)cs/c1=N\Cc1ccc(Cl)cc1. The lowest BCUT2D eigenvalue weighted by Gasteiger charge is -2.12. The molecule has 4 aromatic rings. The lowest BCUT2D eigenvalue weighted by Crippen LogP contribution is -2.34. The van der Waals surface area contributed by atoms with Crippen molar-refractivity contribution >= 4 is 28.8 Å². The van der Waals surface area contributed by atoms with Crippen LogP contribution in [0.3, 0.4) is 0 Å². The lowest BCUT2D eigenvalue weighted by molar-refractivity contribution is -0.274. The van der Waals surface area contributed by atoms with Gasteiger partial charge in [0.25, 0.3) is 0 Å². The maximum Gasteiger partial charge on any atom is 0.573 e. The van der Waals surface area contributed by atoms with Gasteiger partial charge in [-0.15, -0.1) is 24.5 Å². The van der Waals surface area contributed by atoms with Crippen LogP contribution in [0.15, 0.2) is 89.2 Å². The summed E-state index contributed by atoms with van der Waals surface area (Å²) >= 11 is 7.43. The molecule has 40 heavy (non-hydrogen) atoms. The molecule has 1 amide bonds. The number of nitrogens with one attached hydrogen (secondary N) is 2. The zero-order chi connectivity index (χ0) is 28.4. The number of rotatable bonds is 12. The first-order valence-electron chi connectivity index (χ1n) is 12.6. The van der Waals surface area contributed by atoms with E-state index >= 15 is 0 Å². The lowest BCUT2D eigenvalue weighted by atomic mass is 10.1. The van der Waals surface area contributed by atoms with E-state index in [1.165, 1.54) is 23.5 Å². The summed E-state index contributed by atoms with van der Waals surface area (Å²) in [4.78, 5) is 17.8. The molecule has 0 aliphatic heterocycles. The van der Waals surface area contributed by atoms with Crippen LogP contribution in [0.2, 0.25) is 5.02 Å². The summed E-state index contributed by atoms with van der Waals surface area (Å²) < 4.78 is 43.7. The standard InChI is InChI=1S/C29H28ClF3N4O2S/c30-24-11-7-22(8-12-24)18-36-28-37(16-4-15-35-27(38)19-34-17-21-5-2-1-3-6-21)26(20-40-28)23-9-13-25(14-10-23)39-29(31,32)33/h1-3,5-14,20,34H,4,15-19H2,(H,35,38)/b36-28-. The van der Waals surface area contributed by atoms with Gasteiger partial charge in [-0.3, -0.25) is 9.79 Å². The molecule has 0 radical (unpaired) electrons. The molecule has 0 saturated heterocycles. The fourth-order valence-corrected chi connectivity index (χ4v) is 4.98. The first-order chi connectivity index (χ1) is 19.3. The van der Waals surface area contributed by atoms with Crippen LogP contribution in [0, 0.1) is 0 Å². The van der Waals surface area contributed by atoms with Crippen molar-refractivity contribution < 1.29 is 22.7 Å². The topological polar surface area (TPSA) is 67.7 Å². The summed E-state index contributed by atoms with van der Waals surface area (Å²) in [6, 6.07) is 23.0. The average Bonchev–Trinajstić information content (AvgIpc) is 3.33. The molecule has 0 bridgehead atoms. The Morgan fingerprint density at radius 2 is 1.70 bits per heavy atom. The van der Waals surface area contributed by atoms with Crippen LogP contribution in [0.1, 0.15) is 17.5 Å². The molecule has 2 N–H and O–H groups in total. The Labute approximate surface area is 239 Å². The molecule has 0 spiro atoms. The van der Waals surface area contributed by atoms with Crippen molar-refractivity contribution in [1.82, 2.24) is 15.2 Å². The van der Waals surface area contributed by atoms with Gasteiger partial charge in [0.1, 0.15) is 5.75 Å². The van der Waals surface area contributed by atoms with E-state index < -0.39 is 6.36 Å². The second-order valence-corrected chi connectivity index (χ2v) is 10.1. The fourth-order valence-electron chi connectivity index (χ4n) is 3.92. The molecule has 6 nitrogen and oxygen atoms in total. The summed E-state index contributed by atoms with van der Waals surface area (Å²) in [6.45, 7) is 2.27. The highest BCUT2D eigenvalue weighted by atomic mass is 35.5. The molecule has 0 saturated carbocycles. The minimum absolute atomic E-state index is 0.0978. The van der Waals surface area contributed by atoms with Crippen LogP contribution >= 0.6 is 22.9 Å². The van der Waals surface area contributed by atoms with E-state index in [2.05, 4.69) is 15.4 Å². The highest BCUT2D eigenvalue weighted by molar-refractivity contribution is 7.07. The fraction of sp³-hybridized carbons (Fsp3) is 0.241. The first-order valence-corrected chi connectivity index (χ1v) is 13.8. The molecule has 4 rings (SSSR count). The predicted molar refractivity (Wildman–Crippen MR) is 151 cm³/mol. The van der Waals surface area contributed by atoms with E-state index in [0.29, 0.717) is 37.6 Å². The van der Waals surface area contributed by atoms with Crippen LogP contribution in [0.4, 0.5) is 13.2 Å². The van der Waals surface area contributed by atoms with Gasteiger partial charge >= 0.3 is 6.36 Å². The maximum absolute atomic E-state index is 12.6. The maximum atomic E-state index is 12.6. The van der Waals surface area contributed by atoms with Crippen molar-refractivity contribution in [2.45, 2.75) is 32.4 Å². The van der Waals surface area contributed by atoms with E-state index in [1.807, 2.05) is 64.5 Å². The van der Waals surface area contributed by atoms with Gasteiger partial charge in [-0.25, -0.2) is 0 Å². The van der Waals surface area contributed by atoms with Crippen molar-refractivity contribution in [3.63, 3.8) is 0 Å². The molecule has 0 unspecified atom stereocenters. The Hall–Kier alpha value is -3.60. The van der Waals surface area contributed by atoms with Crippen molar-refractivity contribution in [2.24, 2.45) is 4.99 Å². The quantitative estimate of drug-likeness (QED) is 0.195. The zero-order valence-corrected chi connectivity index (χ0v) is 23.0. The number of nitrogens with zero attached hydrogens (tertiary/aromatic N) is 2. The highest BCUT2D eigenvalue weighted by Gasteiger charge is 2.31. The third kappa shape index (κ3) is 9.25. The van der Waals surface area contributed by atoms with Crippen LogP contribution in [0.25, 0.3) is 11.3 Å². The van der Waals surface area contributed by atoms with Gasteiger partial charge in [0.2, 0.25) is 5.91 Å². The Balaban J connectivity index is 1.41. The number of aromatic nitrogens is 1. The van der Waals surface area contributed by atoms with Gasteiger partial charge in [-0.2, -0.15) is 0 Å². The van der Waals surface area contributed by atoms with Gasteiger partial charge in [0.15, 0.2) is 4.80 Å². The second-order valence-electron chi connectivity index (χ2n) is 8.86. The zero-order valence-electron chi connectivity index (χ0n) is 21.5. The van der Waals surface area contributed by atoms with Crippen molar-refractivity contribution in [3.8, 4) is 17.0 Å². The van der Waals surface area contributed by atoms with Gasteiger partial charge in [-0.05, 0) is 59.5 Å². The average molecular weight is 589 g/mol. The number of benzene rings is 3. The number of halogens is 4. The number of hydrogen-bond acceptors (Lipinski definition) is 5. The van der Waals surface area contributed by atoms with E-state index in [0.717, 1.165) is 27.2 Å². The first kappa shape index (κ1) is 29.4. The van der Waals surface area contributed by atoms with Gasteiger partial charge < -0.3 is 19.9 Å². The number of hydrogen-bond donors (Lipinski definition) is 2. The molecular weight excluding hydrogens is 561 g/mol. The number of alkyl halides is 3. The largest absolute Gasteiger partial charge is 0.573 e. The molecule has 11 heteroatoms.